The van der Waals surface area contributed by atoms with Crippen LogP contribution in [-0.4, -0.2) is 41.8 Å². The number of hydrogen-bond acceptors (Lipinski definition) is 4. The third-order valence-electron chi connectivity index (χ3n) is 4.51. The predicted molar refractivity (Wildman–Crippen MR) is 99.7 cm³/mol. The minimum Gasteiger partial charge on any atom is -0.352 e. The summed E-state index contributed by atoms with van der Waals surface area (Å²) in [5.74, 6) is -0.152. The van der Waals surface area contributed by atoms with Gasteiger partial charge in [-0.25, -0.2) is 0 Å². The zero-order chi connectivity index (χ0) is 17.3. The van der Waals surface area contributed by atoms with E-state index in [1.54, 1.807) is 18.2 Å². The van der Waals surface area contributed by atoms with Gasteiger partial charge in [-0.1, -0.05) is 15.9 Å². The molecule has 0 bridgehead atoms. The molecule has 1 saturated carbocycles. The number of carbonyl (C=O) groups is 3. The Morgan fingerprint density at radius 1 is 1.28 bits per heavy atom. The average Bonchev–Trinajstić information content (AvgIpc) is 3.37. The maximum absolute atomic E-state index is 12.3. The van der Waals surface area contributed by atoms with Crippen molar-refractivity contribution in [2.45, 2.75) is 31.7 Å². The van der Waals surface area contributed by atoms with Gasteiger partial charge in [0.1, 0.15) is 0 Å². The molecular weight excluding hydrogens is 410 g/mol. The average molecular weight is 431 g/mol. The first-order chi connectivity index (χ1) is 11.5. The summed E-state index contributed by atoms with van der Waals surface area (Å²) < 4.78 is 0.761. The van der Waals surface area contributed by atoms with E-state index in [0.717, 1.165) is 17.3 Å². The molecule has 1 aliphatic heterocycles. The number of nitrogens with one attached hydrogen (secondary N) is 1. The fraction of sp³-hybridized carbons (Fsp3) is 0.471. The molecule has 2 aliphatic rings. The SMILES string of the molecule is Cl.NCC(NC(=O)CCCN1C(=O)c2ccc(Br)cc2C1=O)C1CC1. The van der Waals surface area contributed by atoms with Crippen LogP contribution in [0, 0.1) is 5.92 Å². The summed E-state index contributed by atoms with van der Waals surface area (Å²) in [6, 6.07) is 5.10. The normalized spacial score (nSPS) is 17.1. The van der Waals surface area contributed by atoms with Gasteiger partial charge in [-0.3, -0.25) is 19.3 Å². The quantitative estimate of drug-likeness (QED) is 0.648. The Labute approximate surface area is 161 Å². The molecule has 6 nitrogen and oxygen atoms in total. The van der Waals surface area contributed by atoms with Crippen molar-refractivity contribution < 1.29 is 14.4 Å². The molecule has 0 aromatic heterocycles. The number of carbonyl (C=O) groups excluding carboxylic acids is 3. The van der Waals surface area contributed by atoms with E-state index in [2.05, 4.69) is 21.2 Å². The fourth-order valence-electron chi connectivity index (χ4n) is 3.01. The minimum atomic E-state index is -0.297. The van der Waals surface area contributed by atoms with Crippen LogP contribution in [0.25, 0.3) is 0 Å². The van der Waals surface area contributed by atoms with Crippen LogP contribution in [0.3, 0.4) is 0 Å². The molecule has 1 heterocycles. The first-order valence-corrected chi connectivity index (χ1v) is 8.95. The molecule has 25 heavy (non-hydrogen) atoms. The molecule has 3 rings (SSSR count). The summed E-state index contributed by atoms with van der Waals surface area (Å²) in [5, 5.41) is 2.94. The standard InChI is InChI=1S/C17H20BrN3O3.ClH/c18-11-5-6-12-13(8-11)17(24)21(16(12)23)7-1-2-15(22)20-14(9-19)10-3-4-10;/h5-6,8,10,14H,1-4,7,9,19H2,(H,20,22);1H. The van der Waals surface area contributed by atoms with Gasteiger partial charge in [-0.2, -0.15) is 0 Å². The first kappa shape index (κ1) is 19.9. The highest BCUT2D eigenvalue weighted by Gasteiger charge is 2.35. The summed E-state index contributed by atoms with van der Waals surface area (Å²) in [5.41, 5.74) is 6.51. The molecule has 0 spiro atoms. The highest BCUT2D eigenvalue weighted by Crippen LogP contribution is 2.32. The van der Waals surface area contributed by atoms with E-state index < -0.39 is 0 Å². The van der Waals surface area contributed by atoms with E-state index in [1.165, 1.54) is 4.90 Å². The third kappa shape index (κ3) is 4.40. The predicted octanol–water partition coefficient (Wildman–Crippen LogP) is 2.10. The van der Waals surface area contributed by atoms with Crippen LogP contribution >= 0.6 is 28.3 Å². The van der Waals surface area contributed by atoms with E-state index in [9.17, 15) is 14.4 Å². The second-order valence-electron chi connectivity index (χ2n) is 6.30. The second kappa shape index (κ2) is 8.29. The smallest absolute Gasteiger partial charge is 0.261 e. The van der Waals surface area contributed by atoms with E-state index in [4.69, 9.17) is 5.73 Å². The van der Waals surface area contributed by atoms with Crippen LogP contribution in [0.2, 0.25) is 0 Å². The number of halogens is 2. The van der Waals surface area contributed by atoms with Gasteiger partial charge in [0.25, 0.3) is 11.8 Å². The molecule has 1 fully saturated rings. The summed E-state index contributed by atoms with van der Waals surface area (Å²) in [6.07, 6.45) is 2.96. The van der Waals surface area contributed by atoms with Crippen molar-refractivity contribution in [3.8, 4) is 0 Å². The lowest BCUT2D eigenvalue weighted by atomic mass is 10.1. The summed E-state index contributed by atoms with van der Waals surface area (Å²) in [4.78, 5) is 37.8. The number of rotatable bonds is 7. The fourth-order valence-corrected chi connectivity index (χ4v) is 3.37. The van der Waals surface area contributed by atoms with Crippen molar-refractivity contribution in [2.75, 3.05) is 13.1 Å². The summed E-state index contributed by atoms with van der Waals surface area (Å²) in [6.45, 7) is 0.692. The number of imide groups is 1. The Kier molecular flexibility index (Phi) is 6.59. The number of amides is 3. The molecule has 3 amide bonds. The van der Waals surface area contributed by atoms with E-state index in [1.807, 2.05) is 0 Å². The van der Waals surface area contributed by atoms with Crippen LogP contribution in [0.4, 0.5) is 0 Å². The molecular formula is C17H21BrClN3O3. The highest BCUT2D eigenvalue weighted by molar-refractivity contribution is 9.10. The van der Waals surface area contributed by atoms with Gasteiger partial charge in [0.2, 0.25) is 5.91 Å². The van der Waals surface area contributed by atoms with Gasteiger partial charge in [0.15, 0.2) is 0 Å². The zero-order valence-corrected chi connectivity index (χ0v) is 16.1. The van der Waals surface area contributed by atoms with Crippen LogP contribution < -0.4 is 11.1 Å². The number of fused-ring (bicyclic) bond motifs is 1. The van der Waals surface area contributed by atoms with Crippen molar-refractivity contribution >= 4 is 46.1 Å². The monoisotopic (exact) mass is 429 g/mol. The van der Waals surface area contributed by atoms with Gasteiger partial charge >= 0.3 is 0 Å². The summed E-state index contributed by atoms with van der Waals surface area (Å²) >= 11 is 3.31. The van der Waals surface area contributed by atoms with E-state index in [-0.39, 0.29) is 49.1 Å². The molecule has 1 aromatic rings. The Bertz CT molecular complexity index is 694. The molecule has 1 aliphatic carbocycles. The van der Waals surface area contributed by atoms with Crippen molar-refractivity contribution in [1.29, 1.82) is 0 Å². The molecule has 136 valence electrons. The molecule has 1 aromatic carbocycles. The van der Waals surface area contributed by atoms with Crippen LogP contribution in [0.15, 0.2) is 22.7 Å². The van der Waals surface area contributed by atoms with Crippen molar-refractivity contribution in [3.63, 3.8) is 0 Å². The van der Waals surface area contributed by atoms with Crippen LogP contribution in [0.5, 0.6) is 0 Å². The highest BCUT2D eigenvalue weighted by atomic mass is 79.9. The molecule has 0 saturated heterocycles. The number of nitrogens with zero attached hydrogens (tertiary/aromatic N) is 1. The Balaban J connectivity index is 0.00000225. The van der Waals surface area contributed by atoms with Gasteiger partial charge < -0.3 is 11.1 Å². The van der Waals surface area contributed by atoms with Crippen molar-refractivity contribution in [1.82, 2.24) is 10.2 Å². The minimum absolute atomic E-state index is 0. The van der Waals surface area contributed by atoms with Crippen LogP contribution in [0.1, 0.15) is 46.4 Å². The zero-order valence-electron chi connectivity index (χ0n) is 13.7. The molecule has 1 atom stereocenters. The van der Waals surface area contributed by atoms with Crippen molar-refractivity contribution in [2.24, 2.45) is 11.7 Å². The van der Waals surface area contributed by atoms with E-state index >= 15 is 0 Å². The maximum atomic E-state index is 12.3. The Morgan fingerprint density at radius 3 is 2.60 bits per heavy atom. The topological polar surface area (TPSA) is 92.5 Å². The lowest BCUT2D eigenvalue weighted by molar-refractivity contribution is -0.122. The van der Waals surface area contributed by atoms with Gasteiger partial charge in [-0.05, 0) is 43.4 Å². The van der Waals surface area contributed by atoms with Gasteiger partial charge in [0, 0.05) is 30.0 Å². The van der Waals surface area contributed by atoms with E-state index in [0.29, 0.717) is 30.0 Å². The number of nitrogens with two attached hydrogens (primary N) is 1. The first-order valence-electron chi connectivity index (χ1n) is 8.16. The lowest BCUT2D eigenvalue weighted by Crippen LogP contribution is -2.42. The molecule has 0 radical (unpaired) electrons. The molecule has 3 N–H and O–H groups in total. The third-order valence-corrected chi connectivity index (χ3v) is 5.00. The Hall–Kier alpha value is -1.44. The largest absolute Gasteiger partial charge is 0.352 e. The summed E-state index contributed by atoms with van der Waals surface area (Å²) in [7, 11) is 0. The molecule has 8 heteroatoms. The number of benzene rings is 1. The van der Waals surface area contributed by atoms with Gasteiger partial charge in [-0.15, -0.1) is 12.4 Å². The Morgan fingerprint density at radius 2 is 1.96 bits per heavy atom. The number of hydrogen-bond donors (Lipinski definition) is 2. The van der Waals surface area contributed by atoms with Crippen molar-refractivity contribution in [3.05, 3.63) is 33.8 Å². The maximum Gasteiger partial charge on any atom is 0.261 e. The lowest BCUT2D eigenvalue weighted by Gasteiger charge is -2.17. The van der Waals surface area contributed by atoms with Gasteiger partial charge in [0.05, 0.1) is 11.1 Å². The second-order valence-corrected chi connectivity index (χ2v) is 7.22. The van der Waals surface area contributed by atoms with Crippen LogP contribution in [-0.2, 0) is 4.79 Å². The molecule has 1 unspecified atom stereocenters.